The molecule has 0 amide bonds. The number of hydrogen-bond acceptors (Lipinski definition) is 1. The molecule has 0 spiro atoms. The Hall–Kier alpha value is 0.970. The number of hydrogen-bond donors (Lipinski definition) is 0. The SMILES string of the molecule is CCCCCCCCCCCCCCOP(Cl)Cl. The Morgan fingerprint density at radius 1 is 0.667 bits per heavy atom. The topological polar surface area (TPSA) is 9.23 Å². The van der Waals surface area contributed by atoms with Crippen LogP contribution in [0, 0.1) is 0 Å². The van der Waals surface area contributed by atoms with Crippen LogP contribution < -0.4 is 0 Å². The van der Waals surface area contributed by atoms with Crippen LogP contribution in [0.25, 0.3) is 0 Å². The molecule has 0 aromatic rings. The van der Waals surface area contributed by atoms with Crippen LogP contribution in [0.4, 0.5) is 0 Å². The molecule has 0 saturated heterocycles. The van der Waals surface area contributed by atoms with Gasteiger partial charge < -0.3 is 4.52 Å². The fraction of sp³-hybridized carbons (Fsp3) is 1.00. The zero-order valence-electron chi connectivity index (χ0n) is 11.8. The summed E-state index contributed by atoms with van der Waals surface area (Å²) in [6.45, 7) is 1.79. The average Bonchev–Trinajstić information content (AvgIpc) is 2.34. The molecule has 0 aliphatic heterocycles. The average molecular weight is 315 g/mol. The zero-order chi connectivity index (χ0) is 13.5. The molecule has 0 unspecified atom stereocenters. The molecule has 110 valence electrons. The number of unbranched alkanes of at least 4 members (excludes halogenated alkanes) is 11. The smallest absolute Gasteiger partial charge is 0.225 e. The van der Waals surface area contributed by atoms with Gasteiger partial charge in [-0.2, -0.15) is 0 Å². The second-order valence-electron chi connectivity index (χ2n) is 4.92. The molecule has 1 nitrogen and oxygen atoms in total. The summed E-state index contributed by atoms with van der Waals surface area (Å²) in [6, 6.07) is 0. The molecule has 4 heteroatoms. The maximum absolute atomic E-state index is 5.53. The summed E-state index contributed by atoms with van der Waals surface area (Å²) in [5.74, 6) is 0. The van der Waals surface area contributed by atoms with Crippen LogP contribution in [0.2, 0.25) is 0 Å². The first-order valence-corrected chi connectivity index (χ1v) is 10.6. The van der Waals surface area contributed by atoms with E-state index in [0.717, 1.165) is 13.0 Å². The standard InChI is InChI=1S/C14H29Cl2OP/c1-2-3-4-5-6-7-8-9-10-11-12-13-14-17-18(15)16/h2-14H2,1H3. The highest BCUT2D eigenvalue weighted by Gasteiger charge is 1.98. The Kier molecular flexibility index (Phi) is 16.9. The lowest BCUT2D eigenvalue weighted by atomic mass is 10.1. The van der Waals surface area contributed by atoms with Gasteiger partial charge in [0.15, 0.2) is 0 Å². The molecule has 0 aromatic heterocycles. The first-order chi connectivity index (χ1) is 8.77. The molecule has 0 fully saturated rings. The van der Waals surface area contributed by atoms with Crippen molar-refractivity contribution in [2.45, 2.75) is 84.0 Å². The van der Waals surface area contributed by atoms with Crippen LogP contribution >= 0.6 is 29.3 Å². The highest BCUT2D eigenvalue weighted by atomic mass is 35.9. The molecular formula is C14H29Cl2OP. The molecule has 0 bridgehead atoms. The van der Waals surface area contributed by atoms with Crippen molar-refractivity contribution in [3.05, 3.63) is 0 Å². The maximum atomic E-state index is 5.53. The molecule has 0 N–H and O–H groups in total. The Labute approximate surface area is 124 Å². The maximum Gasteiger partial charge on any atom is 0.225 e. The van der Waals surface area contributed by atoms with E-state index in [1.807, 2.05) is 0 Å². The highest BCUT2D eigenvalue weighted by molar-refractivity contribution is 8.00. The Balaban J connectivity index is 2.90. The van der Waals surface area contributed by atoms with Crippen LogP contribution in [0.3, 0.4) is 0 Å². The predicted octanol–water partition coefficient (Wildman–Crippen LogP) is 7.41. The monoisotopic (exact) mass is 314 g/mol. The molecule has 0 saturated carbocycles. The van der Waals surface area contributed by atoms with E-state index >= 15 is 0 Å². The minimum Gasteiger partial charge on any atom is -0.332 e. The van der Waals surface area contributed by atoms with E-state index in [0.29, 0.717) is 0 Å². The fourth-order valence-corrected chi connectivity index (χ4v) is 2.76. The molecular weight excluding hydrogens is 286 g/mol. The van der Waals surface area contributed by atoms with Gasteiger partial charge in [-0.3, -0.25) is 0 Å². The van der Waals surface area contributed by atoms with E-state index in [-0.39, 0.29) is 0 Å². The van der Waals surface area contributed by atoms with Crippen molar-refractivity contribution < 1.29 is 4.52 Å². The summed E-state index contributed by atoms with van der Waals surface area (Å²) in [5, 5.41) is 0. The van der Waals surface area contributed by atoms with Gasteiger partial charge in [-0.05, 0) is 28.9 Å². The van der Waals surface area contributed by atoms with E-state index in [1.165, 1.54) is 70.6 Å². The number of rotatable bonds is 14. The van der Waals surface area contributed by atoms with Crippen molar-refractivity contribution in [1.82, 2.24) is 0 Å². The largest absolute Gasteiger partial charge is 0.332 e. The minimum absolute atomic E-state index is 0.718. The highest BCUT2D eigenvalue weighted by Crippen LogP contribution is 2.47. The molecule has 0 radical (unpaired) electrons. The third-order valence-electron chi connectivity index (χ3n) is 3.19. The molecule has 0 aromatic carbocycles. The van der Waals surface area contributed by atoms with Crippen LogP contribution in [-0.4, -0.2) is 6.61 Å². The van der Waals surface area contributed by atoms with E-state index in [1.54, 1.807) is 0 Å². The first-order valence-electron chi connectivity index (χ1n) is 7.52. The summed E-state index contributed by atoms with van der Waals surface area (Å²) < 4.78 is 5.13. The molecule has 0 atom stereocenters. The Morgan fingerprint density at radius 2 is 1.06 bits per heavy atom. The van der Waals surface area contributed by atoms with Crippen LogP contribution in [0.1, 0.15) is 84.0 Å². The van der Waals surface area contributed by atoms with Gasteiger partial charge in [0.05, 0.1) is 6.61 Å². The minimum atomic E-state index is -1.20. The quantitative estimate of drug-likeness (QED) is 0.239. The number of halogens is 2. The van der Waals surface area contributed by atoms with E-state index in [2.05, 4.69) is 6.92 Å². The fourth-order valence-electron chi connectivity index (χ4n) is 2.08. The second kappa shape index (κ2) is 16.0. The van der Waals surface area contributed by atoms with Gasteiger partial charge in [0, 0.05) is 0 Å². The van der Waals surface area contributed by atoms with Crippen LogP contribution in [0.5, 0.6) is 0 Å². The van der Waals surface area contributed by atoms with Gasteiger partial charge in [-0.25, -0.2) is 0 Å². The Bertz CT molecular complexity index is 157. The summed E-state index contributed by atoms with van der Waals surface area (Å²) in [6.07, 6.45) is 16.3. The van der Waals surface area contributed by atoms with Crippen molar-refractivity contribution >= 4 is 29.3 Å². The van der Waals surface area contributed by atoms with Crippen molar-refractivity contribution in [2.75, 3.05) is 6.61 Å². The van der Waals surface area contributed by atoms with Crippen molar-refractivity contribution in [3.8, 4) is 0 Å². The normalized spacial score (nSPS) is 11.3. The van der Waals surface area contributed by atoms with Gasteiger partial charge in [-0.15, -0.1) is 0 Å². The first kappa shape index (κ1) is 19.0. The van der Waals surface area contributed by atoms with Gasteiger partial charge in [-0.1, -0.05) is 77.6 Å². The lowest BCUT2D eigenvalue weighted by Crippen LogP contribution is -1.87. The summed E-state index contributed by atoms with van der Waals surface area (Å²) >= 11 is 11.1. The van der Waals surface area contributed by atoms with Crippen molar-refractivity contribution in [3.63, 3.8) is 0 Å². The van der Waals surface area contributed by atoms with Gasteiger partial charge >= 0.3 is 0 Å². The Morgan fingerprint density at radius 3 is 1.44 bits per heavy atom. The molecule has 0 aliphatic carbocycles. The zero-order valence-corrected chi connectivity index (χ0v) is 14.2. The lowest BCUT2D eigenvalue weighted by Gasteiger charge is -2.04. The van der Waals surface area contributed by atoms with Crippen molar-refractivity contribution in [1.29, 1.82) is 0 Å². The van der Waals surface area contributed by atoms with Gasteiger partial charge in [0.2, 0.25) is 6.85 Å². The van der Waals surface area contributed by atoms with E-state index in [9.17, 15) is 0 Å². The summed E-state index contributed by atoms with van der Waals surface area (Å²) in [5.41, 5.74) is 0. The lowest BCUT2D eigenvalue weighted by molar-refractivity contribution is 0.347. The summed E-state index contributed by atoms with van der Waals surface area (Å²) in [7, 11) is 0. The molecule has 0 heterocycles. The van der Waals surface area contributed by atoms with E-state index < -0.39 is 6.85 Å². The molecule has 18 heavy (non-hydrogen) atoms. The molecule has 0 rings (SSSR count). The van der Waals surface area contributed by atoms with Crippen LogP contribution in [0.15, 0.2) is 0 Å². The van der Waals surface area contributed by atoms with E-state index in [4.69, 9.17) is 27.0 Å². The third kappa shape index (κ3) is 17.0. The molecule has 0 aliphatic rings. The van der Waals surface area contributed by atoms with Crippen LogP contribution in [-0.2, 0) is 4.52 Å². The second-order valence-corrected chi connectivity index (χ2v) is 7.95. The third-order valence-corrected chi connectivity index (χ3v) is 4.15. The van der Waals surface area contributed by atoms with Crippen molar-refractivity contribution in [2.24, 2.45) is 0 Å². The summed E-state index contributed by atoms with van der Waals surface area (Å²) in [4.78, 5) is 0. The predicted molar refractivity (Wildman–Crippen MR) is 85.7 cm³/mol. The van der Waals surface area contributed by atoms with Gasteiger partial charge in [0.1, 0.15) is 0 Å². The van der Waals surface area contributed by atoms with Gasteiger partial charge in [0.25, 0.3) is 0 Å².